The van der Waals surface area contributed by atoms with Crippen LogP contribution in [-0.4, -0.2) is 49.7 Å². The predicted molar refractivity (Wildman–Crippen MR) is 144 cm³/mol. The van der Waals surface area contributed by atoms with Crippen LogP contribution < -0.4 is 9.62 Å². The van der Waals surface area contributed by atoms with Crippen molar-refractivity contribution in [2.75, 3.05) is 17.9 Å². The number of amides is 2. The topological polar surface area (TPSA) is 130 Å². The number of carbonyl (C=O) groups is 2. The number of non-ortho nitro benzene ring substituents is 1. The minimum Gasteiger partial charge on any atom is -0.357 e. The highest BCUT2D eigenvalue weighted by atomic mass is 35.5. The smallest absolute Gasteiger partial charge is 0.269 e. The van der Waals surface area contributed by atoms with Crippen LogP contribution in [0.5, 0.6) is 0 Å². The summed E-state index contributed by atoms with van der Waals surface area (Å²) in [7, 11) is -2.82. The van der Waals surface area contributed by atoms with Crippen molar-refractivity contribution < 1.29 is 22.9 Å². The summed E-state index contributed by atoms with van der Waals surface area (Å²) < 4.78 is 28.2. The van der Waals surface area contributed by atoms with Gasteiger partial charge in [0.15, 0.2) is 0 Å². The fourth-order valence-electron chi connectivity index (χ4n) is 3.89. The van der Waals surface area contributed by atoms with Crippen molar-refractivity contribution >= 4 is 44.8 Å². The standard InChI is InChI=1S/C26H27ClN4O6S/c1-3-24(26(33)28-2)29(17-19-9-7-8-12-23(19)27)25(32)18-30(20-13-15-21(16-14-20)31(34)35)38(36,37)22-10-5-4-6-11-22/h4-16,24H,3,17-18H2,1-2H3,(H,28,33). The lowest BCUT2D eigenvalue weighted by Crippen LogP contribution is -2.51. The summed E-state index contributed by atoms with van der Waals surface area (Å²) in [6, 6.07) is 18.3. The second-order valence-corrected chi connectivity index (χ2v) is 10.5. The molecule has 200 valence electrons. The van der Waals surface area contributed by atoms with Gasteiger partial charge in [-0.25, -0.2) is 8.42 Å². The molecule has 0 heterocycles. The van der Waals surface area contributed by atoms with Crippen LogP contribution in [-0.2, 0) is 26.2 Å². The molecule has 0 spiro atoms. The first-order valence-electron chi connectivity index (χ1n) is 11.7. The molecule has 3 aromatic rings. The zero-order chi connectivity index (χ0) is 27.9. The average Bonchev–Trinajstić information content (AvgIpc) is 2.92. The van der Waals surface area contributed by atoms with E-state index in [0.717, 1.165) is 16.4 Å². The van der Waals surface area contributed by atoms with Gasteiger partial charge in [0.25, 0.3) is 15.7 Å². The Labute approximate surface area is 226 Å². The molecule has 0 aliphatic rings. The third-order valence-corrected chi connectivity index (χ3v) is 8.05. The molecule has 0 radical (unpaired) electrons. The molecule has 10 nitrogen and oxygen atoms in total. The van der Waals surface area contributed by atoms with Crippen LogP contribution in [0.1, 0.15) is 18.9 Å². The molecule has 0 bridgehead atoms. The molecule has 0 aliphatic heterocycles. The first kappa shape index (κ1) is 28.6. The van der Waals surface area contributed by atoms with E-state index in [9.17, 15) is 28.1 Å². The van der Waals surface area contributed by atoms with Gasteiger partial charge >= 0.3 is 0 Å². The van der Waals surface area contributed by atoms with Crippen molar-refractivity contribution in [2.45, 2.75) is 30.8 Å². The van der Waals surface area contributed by atoms with Gasteiger partial charge in [-0.15, -0.1) is 0 Å². The summed E-state index contributed by atoms with van der Waals surface area (Å²) in [5.74, 6) is -1.07. The van der Waals surface area contributed by atoms with E-state index < -0.39 is 39.3 Å². The number of nitrogens with zero attached hydrogens (tertiary/aromatic N) is 3. The van der Waals surface area contributed by atoms with E-state index in [-0.39, 0.29) is 29.2 Å². The Balaban J connectivity index is 2.08. The number of rotatable bonds is 11. The maximum absolute atomic E-state index is 13.8. The Morgan fingerprint density at radius 1 is 1.00 bits per heavy atom. The van der Waals surface area contributed by atoms with Crippen LogP contribution in [0.15, 0.2) is 83.8 Å². The number of nitro groups is 1. The molecule has 12 heteroatoms. The molecule has 0 aromatic heterocycles. The van der Waals surface area contributed by atoms with Gasteiger partial charge in [0, 0.05) is 30.7 Å². The van der Waals surface area contributed by atoms with Gasteiger partial charge < -0.3 is 10.2 Å². The molecule has 38 heavy (non-hydrogen) atoms. The lowest BCUT2D eigenvalue weighted by atomic mass is 10.1. The molecule has 1 atom stereocenters. The Kier molecular flexibility index (Phi) is 9.43. The maximum atomic E-state index is 13.8. The molecule has 0 fully saturated rings. The van der Waals surface area contributed by atoms with E-state index >= 15 is 0 Å². The first-order valence-corrected chi connectivity index (χ1v) is 13.5. The Hall–Kier alpha value is -3.96. The second-order valence-electron chi connectivity index (χ2n) is 8.25. The molecule has 1 N–H and O–H groups in total. The van der Waals surface area contributed by atoms with Gasteiger partial charge in [0.2, 0.25) is 11.8 Å². The number of likely N-dealkylation sites (N-methyl/N-ethyl adjacent to an activating group) is 1. The number of sulfonamides is 1. The Morgan fingerprint density at radius 2 is 1.61 bits per heavy atom. The minimum atomic E-state index is -4.27. The SMILES string of the molecule is CCC(C(=O)NC)N(Cc1ccccc1Cl)C(=O)CN(c1ccc([N+](=O)[O-])cc1)S(=O)(=O)c1ccccc1. The molecular formula is C26H27ClN4O6S. The third-order valence-electron chi connectivity index (χ3n) is 5.89. The molecular weight excluding hydrogens is 532 g/mol. The van der Waals surface area contributed by atoms with Crippen LogP contribution in [0.4, 0.5) is 11.4 Å². The fourth-order valence-corrected chi connectivity index (χ4v) is 5.52. The number of benzene rings is 3. The van der Waals surface area contributed by atoms with E-state index in [1.807, 2.05) is 0 Å². The van der Waals surface area contributed by atoms with Crippen molar-refractivity contribution in [1.82, 2.24) is 10.2 Å². The lowest BCUT2D eigenvalue weighted by molar-refractivity contribution is -0.384. The fraction of sp³-hybridized carbons (Fsp3) is 0.231. The quantitative estimate of drug-likeness (QED) is 0.280. The van der Waals surface area contributed by atoms with E-state index in [4.69, 9.17) is 11.6 Å². The predicted octanol–water partition coefficient (Wildman–Crippen LogP) is 4.00. The van der Waals surface area contributed by atoms with Crippen molar-refractivity contribution in [1.29, 1.82) is 0 Å². The molecule has 3 rings (SSSR count). The highest BCUT2D eigenvalue weighted by Gasteiger charge is 2.33. The molecule has 3 aromatic carbocycles. The minimum absolute atomic E-state index is 0.0378. The van der Waals surface area contributed by atoms with Crippen LogP contribution >= 0.6 is 11.6 Å². The van der Waals surface area contributed by atoms with Gasteiger partial charge in [0.1, 0.15) is 12.6 Å². The first-order chi connectivity index (χ1) is 18.1. The van der Waals surface area contributed by atoms with Crippen LogP contribution in [0.25, 0.3) is 0 Å². The van der Waals surface area contributed by atoms with Gasteiger partial charge in [-0.1, -0.05) is 54.9 Å². The van der Waals surface area contributed by atoms with Gasteiger partial charge in [-0.2, -0.15) is 0 Å². The lowest BCUT2D eigenvalue weighted by Gasteiger charge is -2.33. The molecule has 0 saturated carbocycles. The Bertz CT molecular complexity index is 1400. The largest absolute Gasteiger partial charge is 0.357 e. The molecule has 1 unspecified atom stereocenters. The number of nitro benzene ring substituents is 1. The average molecular weight is 559 g/mol. The normalized spacial score (nSPS) is 11.9. The van der Waals surface area contributed by atoms with Gasteiger partial charge in [-0.3, -0.25) is 24.0 Å². The number of hydrogen-bond donors (Lipinski definition) is 1. The molecule has 0 aliphatic carbocycles. The maximum Gasteiger partial charge on any atom is 0.269 e. The highest BCUT2D eigenvalue weighted by molar-refractivity contribution is 7.92. The third kappa shape index (κ3) is 6.48. The van der Waals surface area contributed by atoms with Crippen molar-refractivity contribution in [3.05, 3.63) is 99.6 Å². The zero-order valence-corrected chi connectivity index (χ0v) is 22.4. The summed E-state index contributed by atoms with van der Waals surface area (Å²) in [5, 5.41) is 14.1. The summed E-state index contributed by atoms with van der Waals surface area (Å²) in [5.41, 5.74) is 0.402. The van der Waals surface area contributed by atoms with Crippen LogP contribution in [0.2, 0.25) is 5.02 Å². The molecule has 0 saturated heterocycles. The number of anilines is 1. The van der Waals surface area contributed by atoms with E-state index in [2.05, 4.69) is 5.32 Å². The van der Waals surface area contributed by atoms with Gasteiger partial charge in [0.05, 0.1) is 15.5 Å². The summed E-state index contributed by atoms with van der Waals surface area (Å²) in [6.45, 7) is 1.04. The number of carbonyl (C=O) groups excluding carboxylic acids is 2. The van der Waals surface area contributed by atoms with Crippen LogP contribution in [0, 0.1) is 10.1 Å². The van der Waals surface area contributed by atoms with Crippen molar-refractivity contribution in [3.8, 4) is 0 Å². The van der Waals surface area contributed by atoms with E-state index in [1.54, 1.807) is 49.4 Å². The number of hydrogen-bond acceptors (Lipinski definition) is 6. The van der Waals surface area contributed by atoms with E-state index in [1.165, 1.54) is 36.2 Å². The number of nitrogens with one attached hydrogen (secondary N) is 1. The van der Waals surface area contributed by atoms with Crippen LogP contribution in [0.3, 0.4) is 0 Å². The number of halogens is 1. The van der Waals surface area contributed by atoms with Gasteiger partial charge in [-0.05, 0) is 42.3 Å². The Morgan fingerprint density at radius 3 is 2.16 bits per heavy atom. The summed E-state index contributed by atoms with van der Waals surface area (Å²) in [6.07, 6.45) is 0.263. The summed E-state index contributed by atoms with van der Waals surface area (Å²) >= 11 is 6.33. The van der Waals surface area contributed by atoms with Crippen molar-refractivity contribution in [2.24, 2.45) is 0 Å². The molecule has 2 amide bonds. The van der Waals surface area contributed by atoms with E-state index in [0.29, 0.717) is 10.6 Å². The highest BCUT2D eigenvalue weighted by Crippen LogP contribution is 2.27. The monoisotopic (exact) mass is 558 g/mol. The van der Waals surface area contributed by atoms with Crippen molar-refractivity contribution in [3.63, 3.8) is 0 Å². The second kappa shape index (κ2) is 12.5. The summed E-state index contributed by atoms with van der Waals surface area (Å²) in [4.78, 5) is 38.3. The zero-order valence-electron chi connectivity index (χ0n) is 20.8.